The van der Waals surface area contributed by atoms with Crippen molar-refractivity contribution in [3.05, 3.63) is 34.9 Å². The van der Waals surface area contributed by atoms with Gasteiger partial charge in [-0.15, -0.1) is 0 Å². The van der Waals surface area contributed by atoms with Crippen molar-refractivity contribution in [2.45, 2.75) is 70.6 Å². The molecule has 0 unspecified atom stereocenters. The third-order valence-electron chi connectivity index (χ3n) is 7.93. The molecule has 3 aliphatic rings. The largest absolute Gasteiger partial charge is 0.481 e. The van der Waals surface area contributed by atoms with Gasteiger partial charge in [0.25, 0.3) is 0 Å². The Labute approximate surface area is 161 Å². The van der Waals surface area contributed by atoms with E-state index in [0.29, 0.717) is 35.5 Å². The van der Waals surface area contributed by atoms with Crippen molar-refractivity contribution in [3.8, 4) is 0 Å². The third kappa shape index (κ3) is 3.28. The molecular weight excluding hydrogens is 340 g/mol. The lowest BCUT2D eigenvalue weighted by Gasteiger charge is -2.50. The molecule has 4 nitrogen and oxygen atoms in total. The van der Waals surface area contributed by atoms with Gasteiger partial charge in [-0.2, -0.15) is 0 Å². The van der Waals surface area contributed by atoms with Gasteiger partial charge < -0.3 is 10.2 Å². The molecule has 27 heavy (non-hydrogen) atoms. The lowest BCUT2D eigenvalue weighted by Crippen LogP contribution is -2.40. The summed E-state index contributed by atoms with van der Waals surface area (Å²) in [6.07, 6.45) is 8.36. The second kappa shape index (κ2) is 6.96. The Morgan fingerprint density at radius 3 is 2.70 bits per heavy atom. The number of carbonyl (C=O) groups is 2. The number of fused-ring (bicyclic) bond motifs is 5. The molecule has 2 saturated carbocycles. The van der Waals surface area contributed by atoms with E-state index in [1.165, 1.54) is 36.8 Å². The predicted octanol–water partition coefficient (Wildman–Crippen LogP) is 4.65. The molecular formula is C23H30O4. The topological polar surface area (TPSA) is 74.6 Å². The predicted molar refractivity (Wildman–Crippen MR) is 103 cm³/mol. The standard InChI is InChI=1S/C23H30O4/c1-2-23-8-7-18-17-5-3-14(11-21(24)25)9-16(17)4-6-19(18)20(23)10-15(13-23)12-22(26)27/h3,5,9,15,18-20H,2,4,6-8,10-13H2,1H3,(H,24,25)(H,26,27)/t15-,18+,19+,20-,23+/m0/s1. The highest BCUT2D eigenvalue weighted by molar-refractivity contribution is 5.70. The van der Waals surface area contributed by atoms with Crippen LogP contribution in [0.2, 0.25) is 0 Å². The van der Waals surface area contributed by atoms with Crippen LogP contribution in [0.3, 0.4) is 0 Å². The van der Waals surface area contributed by atoms with Crippen LogP contribution < -0.4 is 0 Å². The number of hydrogen-bond donors (Lipinski definition) is 2. The second-order valence-corrected chi connectivity index (χ2v) is 9.18. The smallest absolute Gasteiger partial charge is 0.307 e. The lowest BCUT2D eigenvalue weighted by atomic mass is 9.54. The molecule has 2 N–H and O–H groups in total. The highest BCUT2D eigenvalue weighted by Gasteiger charge is 2.54. The van der Waals surface area contributed by atoms with Crippen LogP contribution in [-0.4, -0.2) is 22.2 Å². The highest BCUT2D eigenvalue weighted by Crippen LogP contribution is 2.64. The monoisotopic (exact) mass is 370 g/mol. The summed E-state index contributed by atoms with van der Waals surface area (Å²) in [5.41, 5.74) is 4.04. The van der Waals surface area contributed by atoms with Gasteiger partial charge in [0.05, 0.1) is 6.42 Å². The van der Waals surface area contributed by atoms with Gasteiger partial charge in [-0.1, -0.05) is 31.5 Å². The SMILES string of the molecule is CC[C@]12CC[C@@H]3c4ccc(CC(=O)O)cc4CC[C@H]3[C@@H]1C[C@@H](CC(=O)O)C2. The highest BCUT2D eigenvalue weighted by atomic mass is 16.4. The Kier molecular flexibility index (Phi) is 4.77. The first-order valence-electron chi connectivity index (χ1n) is 10.5. The summed E-state index contributed by atoms with van der Waals surface area (Å²) in [6.45, 7) is 2.30. The third-order valence-corrected chi connectivity index (χ3v) is 7.93. The summed E-state index contributed by atoms with van der Waals surface area (Å²) >= 11 is 0. The van der Waals surface area contributed by atoms with Crippen LogP contribution in [0, 0.1) is 23.2 Å². The Hall–Kier alpha value is -1.84. The fourth-order valence-corrected chi connectivity index (χ4v) is 6.89. The average Bonchev–Trinajstić information content (AvgIpc) is 2.98. The number of aliphatic carboxylic acids is 2. The molecule has 1 aromatic rings. The minimum Gasteiger partial charge on any atom is -0.481 e. The number of hydrogen-bond acceptors (Lipinski definition) is 2. The maximum atomic E-state index is 11.3. The van der Waals surface area contributed by atoms with Crippen molar-refractivity contribution in [1.82, 2.24) is 0 Å². The second-order valence-electron chi connectivity index (χ2n) is 9.18. The minimum absolute atomic E-state index is 0.0970. The molecule has 0 aliphatic heterocycles. The van der Waals surface area contributed by atoms with E-state index in [4.69, 9.17) is 5.11 Å². The van der Waals surface area contributed by atoms with E-state index < -0.39 is 11.9 Å². The lowest BCUT2D eigenvalue weighted by molar-refractivity contribution is -0.138. The van der Waals surface area contributed by atoms with Crippen LogP contribution in [-0.2, 0) is 22.4 Å². The molecule has 0 heterocycles. The molecule has 1 aromatic carbocycles. The summed E-state index contributed by atoms with van der Waals surface area (Å²) < 4.78 is 0. The van der Waals surface area contributed by atoms with E-state index in [1.54, 1.807) is 0 Å². The van der Waals surface area contributed by atoms with Crippen LogP contribution in [0.25, 0.3) is 0 Å². The van der Waals surface area contributed by atoms with Crippen molar-refractivity contribution < 1.29 is 19.8 Å². The zero-order chi connectivity index (χ0) is 19.2. The van der Waals surface area contributed by atoms with E-state index >= 15 is 0 Å². The van der Waals surface area contributed by atoms with Gasteiger partial charge in [-0.25, -0.2) is 0 Å². The van der Waals surface area contributed by atoms with E-state index in [0.717, 1.165) is 24.8 Å². The van der Waals surface area contributed by atoms with Crippen LogP contribution >= 0.6 is 0 Å². The van der Waals surface area contributed by atoms with Gasteiger partial charge in [0.2, 0.25) is 0 Å². The van der Waals surface area contributed by atoms with Gasteiger partial charge in [-0.05, 0) is 84.3 Å². The first-order valence-corrected chi connectivity index (χ1v) is 10.5. The van der Waals surface area contributed by atoms with E-state index in [1.807, 2.05) is 6.07 Å². The first kappa shape index (κ1) is 18.5. The van der Waals surface area contributed by atoms with Gasteiger partial charge in [-0.3, -0.25) is 9.59 Å². The Morgan fingerprint density at radius 2 is 2.00 bits per heavy atom. The molecule has 0 radical (unpaired) electrons. The van der Waals surface area contributed by atoms with Gasteiger partial charge in [0.15, 0.2) is 0 Å². The van der Waals surface area contributed by atoms with Crippen LogP contribution in [0.1, 0.15) is 74.5 Å². The molecule has 0 spiro atoms. The van der Waals surface area contributed by atoms with E-state index in [9.17, 15) is 14.7 Å². The van der Waals surface area contributed by atoms with Gasteiger partial charge in [0.1, 0.15) is 0 Å². The van der Waals surface area contributed by atoms with E-state index in [2.05, 4.69) is 19.1 Å². The molecule has 0 aromatic heterocycles. The van der Waals surface area contributed by atoms with Crippen LogP contribution in [0.4, 0.5) is 0 Å². The average molecular weight is 370 g/mol. The maximum Gasteiger partial charge on any atom is 0.307 e. The van der Waals surface area contributed by atoms with Crippen LogP contribution in [0.5, 0.6) is 0 Å². The Morgan fingerprint density at radius 1 is 1.19 bits per heavy atom. The van der Waals surface area contributed by atoms with Crippen molar-refractivity contribution in [2.24, 2.45) is 23.2 Å². The minimum atomic E-state index is -0.774. The zero-order valence-corrected chi connectivity index (χ0v) is 16.1. The summed E-state index contributed by atoms with van der Waals surface area (Å²) in [4.78, 5) is 22.3. The summed E-state index contributed by atoms with van der Waals surface area (Å²) in [6, 6.07) is 6.30. The van der Waals surface area contributed by atoms with Crippen molar-refractivity contribution in [3.63, 3.8) is 0 Å². The van der Waals surface area contributed by atoms with Gasteiger partial charge in [0, 0.05) is 6.42 Å². The molecule has 4 heteroatoms. The summed E-state index contributed by atoms with van der Waals surface area (Å²) in [5.74, 6) is 0.796. The number of benzene rings is 1. The molecule has 3 aliphatic carbocycles. The zero-order valence-electron chi connectivity index (χ0n) is 16.1. The Balaban J connectivity index is 1.59. The molecule has 4 rings (SSSR count). The fraction of sp³-hybridized carbons (Fsp3) is 0.652. The Bertz CT molecular complexity index is 755. The molecule has 0 saturated heterocycles. The van der Waals surface area contributed by atoms with Crippen molar-refractivity contribution >= 4 is 11.9 Å². The normalized spacial score (nSPS) is 34.4. The molecule has 0 amide bonds. The summed E-state index contributed by atoms with van der Waals surface area (Å²) in [5, 5.41) is 18.3. The molecule has 2 fully saturated rings. The number of rotatable bonds is 5. The maximum absolute atomic E-state index is 11.3. The summed E-state index contributed by atoms with van der Waals surface area (Å²) in [7, 11) is 0. The van der Waals surface area contributed by atoms with Crippen molar-refractivity contribution in [2.75, 3.05) is 0 Å². The fourth-order valence-electron chi connectivity index (χ4n) is 6.89. The number of carboxylic acids is 2. The molecule has 5 atom stereocenters. The van der Waals surface area contributed by atoms with Crippen LogP contribution in [0.15, 0.2) is 18.2 Å². The molecule has 0 bridgehead atoms. The van der Waals surface area contributed by atoms with Gasteiger partial charge >= 0.3 is 11.9 Å². The first-order chi connectivity index (χ1) is 12.9. The van der Waals surface area contributed by atoms with E-state index in [-0.39, 0.29) is 6.42 Å². The number of aryl methyl sites for hydroxylation is 1. The quantitative estimate of drug-likeness (QED) is 0.791. The van der Waals surface area contributed by atoms with Crippen molar-refractivity contribution in [1.29, 1.82) is 0 Å². The molecule has 146 valence electrons. The number of carboxylic acid groups (broad SMARTS) is 2.